The van der Waals surface area contributed by atoms with E-state index in [4.69, 9.17) is 10.5 Å². The fourth-order valence-electron chi connectivity index (χ4n) is 1.53. The van der Waals surface area contributed by atoms with E-state index < -0.39 is 9.84 Å². The van der Waals surface area contributed by atoms with E-state index in [0.717, 1.165) is 5.41 Å². The molecule has 2 N–H and O–H groups in total. The second-order valence-corrected chi connectivity index (χ2v) is 5.16. The molecule has 5 heteroatoms. The summed E-state index contributed by atoms with van der Waals surface area (Å²) < 4.78 is 28.0. The number of sulfone groups is 1. The zero-order chi connectivity index (χ0) is 11.8. The highest BCUT2D eigenvalue weighted by molar-refractivity contribution is 7.98. The van der Waals surface area contributed by atoms with Gasteiger partial charge in [-0.25, -0.2) is 8.42 Å². The second-order valence-electron chi connectivity index (χ2n) is 3.37. The Bertz CT molecular complexity index is 585. The van der Waals surface area contributed by atoms with Crippen molar-refractivity contribution in [1.29, 1.82) is 0 Å². The first kappa shape index (κ1) is 10.8. The molecule has 0 saturated carbocycles. The summed E-state index contributed by atoms with van der Waals surface area (Å²) >= 11 is 0. The lowest BCUT2D eigenvalue weighted by atomic mass is 10.1. The van der Waals surface area contributed by atoms with E-state index in [2.05, 4.69) is 0 Å². The number of methoxy groups -OCH3 is 1. The minimum Gasteiger partial charge on any atom is -0.496 e. The molecular weight excluding hydrogens is 226 g/mol. The number of ether oxygens (including phenoxy) is 1. The molecule has 0 aliphatic carbocycles. The highest BCUT2D eigenvalue weighted by atomic mass is 32.2. The van der Waals surface area contributed by atoms with Crippen molar-refractivity contribution in [2.45, 2.75) is 0 Å². The third kappa shape index (κ3) is 1.69. The summed E-state index contributed by atoms with van der Waals surface area (Å²) in [5.74, 6) is 0.620. The lowest BCUT2D eigenvalue weighted by molar-refractivity contribution is 0.413. The van der Waals surface area contributed by atoms with Gasteiger partial charge in [-0.05, 0) is 17.7 Å². The van der Waals surface area contributed by atoms with Gasteiger partial charge in [0, 0.05) is 11.0 Å². The van der Waals surface area contributed by atoms with Crippen LogP contribution in [-0.4, -0.2) is 15.5 Å². The van der Waals surface area contributed by atoms with Crippen LogP contribution < -0.4 is 10.5 Å². The monoisotopic (exact) mass is 237 g/mol. The molecule has 0 saturated heterocycles. The molecule has 0 atom stereocenters. The first-order chi connectivity index (χ1) is 7.54. The average Bonchev–Trinajstić information content (AvgIpc) is 2.53. The van der Waals surface area contributed by atoms with E-state index in [1.807, 2.05) is 12.1 Å². The maximum Gasteiger partial charge on any atom is 0.215 e. The number of allylic oxidation sites excluding steroid dienone is 2. The maximum atomic E-state index is 11.4. The molecular formula is C11H11NO3S. The molecule has 0 radical (unpaired) electrons. The molecule has 0 spiro atoms. The van der Waals surface area contributed by atoms with E-state index >= 15 is 0 Å². The van der Waals surface area contributed by atoms with Crippen LogP contribution in [0.25, 0.3) is 5.57 Å². The molecule has 1 aromatic carbocycles. The summed E-state index contributed by atoms with van der Waals surface area (Å²) in [5.41, 5.74) is 6.68. The van der Waals surface area contributed by atoms with Crippen LogP contribution in [-0.2, 0) is 9.84 Å². The van der Waals surface area contributed by atoms with Gasteiger partial charge in [0.1, 0.15) is 10.8 Å². The SMILES string of the molecule is COc1ccccc1C1=CS(=O)(=O)C(N)=C1. The topological polar surface area (TPSA) is 69.4 Å². The zero-order valence-corrected chi connectivity index (χ0v) is 9.49. The normalized spacial score (nSPS) is 17.8. The van der Waals surface area contributed by atoms with E-state index in [-0.39, 0.29) is 5.03 Å². The molecule has 0 aromatic heterocycles. The first-order valence-electron chi connectivity index (χ1n) is 4.62. The third-order valence-corrected chi connectivity index (χ3v) is 3.67. The minimum atomic E-state index is -3.43. The van der Waals surface area contributed by atoms with Crippen LogP contribution in [0, 0.1) is 0 Å². The molecule has 1 aliphatic heterocycles. The molecule has 2 rings (SSSR count). The van der Waals surface area contributed by atoms with Gasteiger partial charge in [-0.3, -0.25) is 0 Å². The van der Waals surface area contributed by atoms with Crippen LogP contribution >= 0.6 is 0 Å². The summed E-state index contributed by atoms with van der Waals surface area (Å²) in [4.78, 5) is 0. The van der Waals surface area contributed by atoms with Gasteiger partial charge in [0.05, 0.1) is 7.11 Å². The van der Waals surface area contributed by atoms with Crippen LogP contribution in [0.2, 0.25) is 0 Å². The van der Waals surface area contributed by atoms with Gasteiger partial charge in [-0.2, -0.15) is 0 Å². The van der Waals surface area contributed by atoms with Crippen molar-refractivity contribution < 1.29 is 13.2 Å². The fourth-order valence-corrected chi connectivity index (χ4v) is 2.49. The Morgan fingerprint density at radius 1 is 1.25 bits per heavy atom. The Hall–Kier alpha value is -1.75. The van der Waals surface area contributed by atoms with Crippen LogP contribution in [0.5, 0.6) is 5.75 Å². The lowest BCUT2D eigenvalue weighted by Gasteiger charge is -2.06. The predicted molar refractivity (Wildman–Crippen MR) is 62.2 cm³/mol. The molecule has 0 fully saturated rings. The van der Waals surface area contributed by atoms with Crippen LogP contribution in [0.15, 0.2) is 40.8 Å². The number of benzene rings is 1. The van der Waals surface area contributed by atoms with E-state index in [9.17, 15) is 8.42 Å². The molecule has 1 aromatic rings. The second kappa shape index (κ2) is 3.68. The van der Waals surface area contributed by atoms with Gasteiger partial charge < -0.3 is 10.5 Å². The van der Waals surface area contributed by atoms with Crippen LogP contribution in [0.1, 0.15) is 5.56 Å². The molecule has 0 amide bonds. The molecule has 1 aliphatic rings. The summed E-state index contributed by atoms with van der Waals surface area (Å²) in [6, 6.07) is 7.19. The van der Waals surface area contributed by atoms with Crippen molar-refractivity contribution in [3.63, 3.8) is 0 Å². The van der Waals surface area contributed by atoms with Gasteiger partial charge in [0.25, 0.3) is 0 Å². The zero-order valence-electron chi connectivity index (χ0n) is 8.67. The van der Waals surface area contributed by atoms with Crippen molar-refractivity contribution in [2.24, 2.45) is 5.73 Å². The van der Waals surface area contributed by atoms with Crippen molar-refractivity contribution >= 4 is 15.4 Å². The first-order valence-corrected chi connectivity index (χ1v) is 6.16. The molecule has 1 heterocycles. The molecule has 0 bridgehead atoms. The molecule has 4 nitrogen and oxygen atoms in total. The standard InChI is InChI=1S/C11H11NO3S/c1-15-10-5-3-2-4-9(10)8-6-11(12)16(13,14)7-8/h2-7H,12H2,1H3. The summed E-state index contributed by atoms with van der Waals surface area (Å²) in [6.07, 6.45) is 1.44. The highest BCUT2D eigenvalue weighted by Crippen LogP contribution is 2.32. The summed E-state index contributed by atoms with van der Waals surface area (Å²) in [5, 5.41) is 1.02. The average molecular weight is 237 g/mol. The Labute approximate surface area is 93.9 Å². The number of hydrogen-bond donors (Lipinski definition) is 1. The number of para-hydroxylation sites is 1. The Morgan fingerprint density at radius 2 is 1.94 bits per heavy atom. The van der Waals surface area contributed by atoms with Crippen LogP contribution in [0.4, 0.5) is 0 Å². The van der Waals surface area contributed by atoms with Crippen LogP contribution in [0.3, 0.4) is 0 Å². The predicted octanol–water partition coefficient (Wildman–Crippen LogP) is 1.26. The van der Waals surface area contributed by atoms with Gasteiger partial charge >= 0.3 is 0 Å². The van der Waals surface area contributed by atoms with E-state index in [1.54, 1.807) is 12.1 Å². The van der Waals surface area contributed by atoms with Gasteiger partial charge in [0.15, 0.2) is 0 Å². The van der Waals surface area contributed by atoms with Crippen molar-refractivity contribution in [1.82, 2.24) is 0 Å². The smallest absolute Gasteiger partial charge is 0.215 e. The van der Waals surface area contributed by atoms with E-state index in [1.165, 1.54) is 13.2 Å². The molecule has 0 unspecified atom stereocenters. The lowest BCUT2D eigenvalue weighted by Crippen LogP contribution is -2.04. The van der Waals surface area contributed by atoms with E-state index in [0.29, 0.717) is 16.9 Å². The van der Waals surface area contributed by atoms with Gasteiger partial charge in [-0.15, -0.1) is 0 Å². The Kier molecular flexibility index (Phi) is 2.47. The highest BCUT2D eigenvalue weighted by Gasteiger charge is 2.21. The minimum absolute atomic E-state index is 0.131. The number of rotatable bonds is 2. The van der Waals surface area contributed by atoms with Crippen molar-refractivity contribution in [3.8, 4) is 5.75 Å². The Balaban J connectivity index is 2.57. The number of nitrogens with two attached hydrogens (primary N) is 1. The largest absolute Gasteiger partial charge is 0.496 e. The third-order valence-electron chi connectivity index (χ3n) is 2.33. The number of hydrogen-bond acceptors (Lipinski definition) is 4. The fraction of sp³-hybridized carbons (Fsp3) is 0.0909. The Morgan fingerprint density at radius 3 is 2.50 bits per heavy atom. The van der Waals surface area contributed by atoms with Crippen molar-refractivity contribution in [2.75, 3.05) is 7.11 Å². The maximum absolute atomic E-state index is 11.4. The van der Waals surface area contributed by atoms with Gasteiger partial charge in [-0.1, -0.05) is 18.2 Å². The summed E-state index contributed by atoms with van der Waals surface area (Å²) in [7, 11) is -1.89. The molecule has 16 heavy (non-hydrogen) atoms. The quantitative estimate of drug-likeness (QED) is 0.840. The summed E-state index contributed by atoms with van der Waals surface area (Å²) in [6.45, 7) is 0. The molecule has 84 valence electrons. The van der Waals surface area contributed by atoms with Crippen molar-refractivity contribution in [3.05, 3.63) is 46.3 Å². The van der Waals surface area contributed by atoms with Gasteiger partial charge in [0.2, 0.25) is 9.84 Å².